The van der Waals surface area contributed by atoms with Crippen molar-refractivity contribution < 1.29 is 14.4 Å². The number of imide groups is 1. The quantitative estimate of drug-likeness (QED) is 0.445. The van der Waals surface area contributed by atoms with Gasteiger partial charge < -0.3 is 4.57 Å². The number of ketones is 1. The van der Waals surface area contributed by atoms with Crippen LogP contribution in [0.25, 0.3) is 0 Å². The maximum atomic E-state index is 12.7. The number of aromatic nitrogens is 1. The van der Waals surface area contributed by atoms with Crippen molar-refractivity contribution >= 4 is 33.5 Å². The minimum atomic E-state index is -0.458. The van der Waals surface area contributed by atoms with Crippen molar-refractivity contribution in [3.05, 3.63) is 68.6 Å². The lowest BCUT2D eigenvalue weighted by atomic mass is 10.0. The number of amides is 2. The second-order valence-electron chi connectivity index (χ2n) is 5.84. The molecule has 0 N–H and O–H groups in total. The minimum absolute atomic E-state index is 0.0503. The number of pyridine rings is 1. The van der Waals surface area contributed by atoms with Gasteiger partial charge in [0, 0.05) is 23.9 Å². The molecule has 128 valence electrons. The molecule has 0 saturated heterocycles. The first kappa shape index (κ1) is 17.3. The van der Waals surface area contributed by atoms with E-state index in [9.17, 15) is 19.2 Å². The van der Waals surface area contributed by atoms with E-state index in [-0.39, 0.29) is 34.3 Å². The molecule has 0 atom stereocenters. The summed E-state index contributed by atoms with van der Waals surface area (Å²) >= 11 is 3.11. The van der Waals surface area contributed by atoms with Gasteiger partial charge in [-0.15, -0.1) is 0 Å². The normalized spacial score (nSPS) is 13.3. The van der Waals surface area contributed by atoms with Gasteiger partial charge in [-0.1, -0.05) is 28.1 Å². The van der Waals surface area contributed by atoms with Crippen molar-refractivity contribution in [1.29, 1.82) is 0 Å². The summed E-state index contributed by atoms with van der Waals surface area (Å²) in [5.41, 5.74) is 1.23. The number of hydrogen-bond donors (Lipinski definition) is 0. The van der Waals surface area contributed by atoms with Crippen LogP contribution in [0.4, 0.5) is 0 Å². The van der Waals surface area contributed by atoms with E-state index in [1.54, 1.807) is 44.3 Å². The van der Waals surface area contributed by atoms with Gasteiger partial charge in [-0.2, -0.15) is 0 Å². The molecule has 0 spiro atoms. The summed E-state index contributed by atoms with van der Waals surface area (Å²) in [5, 5.41) is 0.0503. The van der Waals surface area contributed by atoms with E-state index < -0.39 is 11.8 Å². The van der Waals surface area contributed by atoms with Gasteiger partial charge in [-0.3, -0.25) is 24.1 Å². The fourth-order valence-electron chi connectivity index (χ4n) is 2.89. The Labute approximate surface area is 152 Å². The molecule has 1 aliphatic rings. The highest BCUT2D eigenvalue weighted by Gasteiger charge is 2.36. The number of rotatable bonds is 4. The van der Waals surface area contributed by atoms with E-state index in [0.29, 0.717) is 16.8 Å². The van der Waals surface area contributed by atoms with Crippen LogP contribution in [-0.4, -0.2) is 32.4 Å². The largest absolute Gasteiger partial charge is 0.316 e. The summed E-state index contributed by atoms with van der Waals surface area (Å²) in [6.07, 6.45) is 0. The van der Waals surface area contributed by atoms with Gasteiger partial charge in [-0.25, -0.2) is 0 Å². The van der Waals surface area contributed by atoms with Crippen LogP contribution in [0.5, 0.6) is 0 Å². The van der Waals surface area contributed by atoms with Gasteiger partial charge in [0.1, 0.15) is 0 Å². The smallest absolute Gasteiger partial charge is 0.261 e. The van der Waals surface area contributed by atoms with Crippen LogP contribution in [-0.2, 0) is 13.6 Å². The van der Waals surface area contributed by atoms with Crippen molar-refractivity contribution in [2.45, 2.75) is 13.5 Å². The Kier molecular flexibility index (Phi) is 4.43. The van der Waals surface area contributed by atoms with Gasteiger partial charge >= 0.3 is 0 Å². The molecule has 25 heavy (non-hydrogen) atoms. The van der Waals surface area contributed by atoms with Gasteiger partial charge in [-0.05, 0) is 25.1 Å². The number of aryl methyl sites for hydroxylation is 1. The first-order valence-electron chi connectivity index (χ1n) is 7.60. The molecule has 0 fully saturated rings. The SMILES string of the molecule is Cc1cc(C(=O)CBr)c(CN2C(=O)c3ccccc3C2=O)c(=O)n1C. The summed E-state index contributed by atoms with van der Waals surface area (Å²) in [7, 11) is 1.59. The molecule has 0 aliphatic carbocycles. The molecule has 0 radical (unpaired) electrons. The second kappa shape index (κ2) is 6.40. The zero-order chi connectivity index (χ0) is 18.3. The molecule has 0 saturated carbocycles. The molecule has 2 aromatic rings. The Morgan fingerprint density at radius 2 is 1.64 bits per heavy atom. The highest BCUT2D eigenvalue weighted by Crippen LogP contribution is 2.24. The van der Waals surface area contributed by atoms with Crippen LogP contribution in [0.3, 0.4) is 0 Å². The van der Waals surface area contributed by atoms with Crippen molar-refractivity contribution in [3.8, 4) is 0 Å². The van der Waals surface area contributed by atoms with Crippen LogP contribution < -0.4 is 5.56 Å². The van der Waals surface area contributed by atoms with Gasteiger partial charge in [0.2, 0.25) is 0 Å². The lowest BCUT2D eigenvalue weighted by Crippen LogP contribution is -2.35. The average Bonchev–Trinajstić information content (AvgIpc) is 2.86. The minimum Gasteiger partial charge on any atom is -0.316 e. The van der Waals surface area contributed by atoms with Crippen molar-refractivity contribution in [3.63, 3.8) is 0 Å². The van der Waals surface area contributed by atoms with E-state index in [1.165, 1.54) is 4.57 Å². The molecule has 1 aromatic heterocycles. The summed E-state index contributed by atoms with van der Waals surface area (Å²) < 4.78 is 1.40. The molecule has 0 unspecified atom stereocenters. The van der Waals surface area contributed by atoms with E-state index in [4.69, 9.17) is 0 Å². The molecule has 3 rings (SSSR count). The first-order valence-corrected chi connectivity index (χ1v) is 8.72. The Balaban J connectivity index is 2.09. The third-order valence-corrected chi connectivity index (χ3v) is 4.90. The number of carbonyl (C=O) groups excluding carboxylic acids is 3. The molecular formula is C18H15BrN2O4. The molecule has 0 bridgehead atoms. The predicted octanol–water partition coefficient (Wildman–Crippen LogP) is 2.07. The maximum Gasteiger partial charge on any atom is 0.261 e. The van der Waals surface area contributed by atoms with Crippen LogP contribution in [0.2, 0.25) is 0 Å². The Bertz CT molecular complexity index is 943. The van der Waals surface area contributed by atoms with Crippen molar-refractivity contribution in [1.82, 2.24) is 9.47 Å². The Hall–Kier alpha value is -2.54. The molecule has 1 aliphatic heterocycles. The lowest BCUT2D eigenvalue weighted by molar-refractivity contribution is 0.0639. The average molecular weight is 403 g/mol. The van der Waals surface area contributed by atoms with Crippen LogP contribution in [0.1, 0.15) is 42.3 Å². The van der Waals surface area contributed by atoms with Crippen LogP contribution >= 0.6 is 15.9 Å². The van der Waals surface area contributed by atoms with Crippen molar-refractivity contribution in [2.24, 2.45) is 7.05 Å². The highest BCUT2D eigenvalue weighted by atomic mass is 79.9. The summed E-state index contributed by atoms with van der Waals surface area (Å²) in [5.74, 6) is -1.19. The molecule has 6 nitrogen and oxygen atoms in total. The lowest BCUT2D eigenvalue weighted by Gasteiger charge is -2.17. The standard InChI is InChI=1S/C18H15BrN2O4/c1-10-7-13(15(22)8-19)14(16(23)20(10)2)9-21-17(24)11-5-3-4-6-12(11)18(21)25/h3-7H,8-9H2,1-2H3. The molecule has 7 heteroatoms. The first-order chi connectivity index (χ1) is 11.9. The Morgan fingerprint density at radius 3 is 2.16 bits per heavy atom. The number of fused-ring (bicyclic) bond motifs is 1. The number of alkyl halides is 1. The number of nitrogens with zero attached hydrogens (tertiary/aromatic N) is 2. The summed E-state index contributed by atoms with van der Waals surface area (Å²) in [6.45, 7) is 1.49. The van der Waals surface area contributed by atoms with Crippen molar-refractivity contribution in [2.75, 3.05) is 5.33 Å². The van der Waals surface area contributed by atoms with Crippen LogP contribution in [0, 0.1) is 6.92 Å². The zero-order valence-electron chi connectivity index (χ0n) is 13.7. The summed E-state index contributed by atoms with van der Waals surface area (Å²) in [4.78, 5) is 50.9. The third kappa shape index (κ3) is 2.74. The monoisotopic (exact) mass is 402 g/mol. The molecule has 2 amide bonds. The fourth-order valence-corrected chi connectivity index (χ4v) is 3.19. The molecule has 2 heterocycles. The van der Waals surface area contributed by atoms with Gasteiger partial charge in [0.15, 0.2) is 5.78 Å². The number of hydrogen-bond acceptors (Lipinski definition) is 4. The third-order valence-electron chi connectivity index (χ3n) is 4.39. The number of Topliss-reactive ketones (excluding diaryl/α,β-unsaturated/α-hetero) is 1. The van der Waals surface area contributed by atoms with E-state index in [1.807, 2.05) is 0 Å². The second-order valence-corrected chi connectivity index (χ2v) is 6.40. The fraction of sp³-hybridized carbons (Fsp3) is 0.222. The maximum absolute atomic E-state index is 12.7. The van der Waals surface area contributed by atoms with E-state index >= 15 is 0 Å². The number of benzene rings is 1. The van der Waals surface area contributed by atoms with Gasteiger partial charge in [0.05, 0.1) is 23.0 Å². The van der Waals surface area contributed by atoms with Crippen LogP contribution in [0.15, 0.2) is 35.1 Å². The van der Waals surface area contributed by atoms with E-state index in [2.05, 4.69) is 15.9 Å². The number of carbonyl (C=O) groups is 3. The number of halogens is 1. The highest BCUT2D eigenvalue weighted by molar-refractivity contribution is 9.09. The molecular weight excluding hydrogens is 388 g/mol. The summed E-state index contributed by atoms with van der Waals surface area (Å²) in [6, 6.07) is 8.12. The Morgan fingerprint density at radius 1 is 1.08 bits per heavy atom. The topological polar surface area (TPSA) is 76.5 Å². The predicted molar refractivity (Wildman–Crippen MR) is 95.2 cm³/mol. The van der Waals surface area contributed by atoms with E-state index in [0.717, 1.165) is 4.90 Å². The zero-order valence-corrected chi connectivity index (χ0v) is 15.3. The molecule has 1 aromatic carbocycles. The van der Waals surface area contributed by atoms with Gasteiger partial charge in [0.25, 0.3) is 17.4 Å².